The van der Waals surface area contributed by atoms with Crippen LogP contribution >= 0.6 is 0 Å². The summed E-state index contributed by atoms with van der Waals surface area (Å²) in [6.45, 7) is 7.03. The van der Waals surface area contributed by atoms with Crippen LogP contribution in [0.2, 0.25) is 6.04 Å². The molecule has 10 heavy (non-hydrogen) atoms. The molecule has 0 aromatic heterocycles. The highest BCUT2D eigenvalue weighted by atomic mass is 28.1. The van der Waals surface area contributed by atoms with Gasteiger partial charge in [0, 0.05) is 15.8 Å². The summed E-state index contributed by atoms with van der Waals surface area (Å²) in [5.74, 6) is -0.275. The van der Waals surface area contributed by atoms with Crippen LogP contribution in [0.25, 0.3) is 0 Å². The first-order valence-electron chi connectivity index (χ1n) is 3.44. The first kappa shape index (κ1) is 9.43. The minimum atomic E-state index is -0.275. The van der Waals surface area contributed by atoms with Crippen molar-refractivity contribution >= 4 is 16.2 Å². The number of rotatable bonds is 3. The van der Waals surface area contributed by atoms with Gasteiger partial charge in [0.1, 0.15) is 0 Å². The van der Waals surface area contributed by atoms with E-state index in [-0.39, 0.29) is 12.1 Å². The van der Waals surface area contributed by atoms with E-state index in [0.717, 1.165) is 16.3 Å². The molecule has 0 aromatic carbocycles. The molecule has 0 N–H and O–H groups in total. The maximum Gasteiger partial charge on any atom is 0.333 e. The van der Waals surface area contributed by atoms with Gasteiger partial charge in [0.15, 0.2) is 0 Å². The quantitative estimate of drug-likeness (QED) is 0.335. The molecule has 3 heteroatoms. The van der Waals surface area contributed by atoms with Crippen LogP contribution in [0.5, 0.6) is 0 Å². The molecule has 0 aromatic rings. The molecule has 1 atom stereocenters. The Morgan fingerprint density at radius 3 is 2.60 bits per heavy atom. The molecule has 2 nitrogen and oxygen atoms in total. The molecule has 0 bridgehead atoms. The molecule has 0 heterocycles. The molecular formula is C7H14O2Si. The summed E-state index contributed by atoms with van der Waals surface area (Å²) in [6, 6.07) is 0.985. The average Bonchev–Trinajstić information content (AvgIpc) is 1.87. The second-order valence-electron chi connectivity index (χ2n) is 2.40. The van der Waals surface area contributed by atoms with Crippen LogP contribution in [-0.4, -0.2) is 22.3 Å². The van der Waals surface area contributed by atoms with Gasteiger partial charge in [-0.2, -0.15) is 0 Å². The van der Waals surface area contributed by atoms with Crippen molar-refractivity contribution in [1.29, 1.82) is 0 Å². The van der Waals surface area contributed by atoms with E-state index >= 15 is 0 Å². The van der Waals surface area contributed by atoms with E-state index in [1.165, 1.54) is 0 Å². The second-order valence-corrected chi connectivity index (χ2v) is 3.22. The SMILES string of the molecule is C=C(C)C(=O)OC(C)C[SiH3]. The molecule has 0 spiro atoms. The third kappa shape index (κ3) is 3.45. The smallest absolute Gasteiger partial charge is 0.333 e. The van der Waals surface area contributed by atoms with Crippen molar-refractivity contribution in [2.75, 3.05) is 0 Å². The first-order valence-corrected chi connectivity index (χ1v) is 4.85. The van der Waals surface area contributed by atoms with E-state index in [4.69, 9.17) is 4.74 Å². The van der Waals surface area contributed by atoms with Gasteiger partial charge in [-0.05, 0) is 19.9 Å². The summed E-state index contributed by atoms with van der Waals surface area (Å²) in [4.78, 5) is 10.8. The highest BCUT2D eigenvalue weighted by Gasteiger charge is 2.06. The molecule has 0 fully saturated rings. The Bertz CT molecular complexity index is 143. The number of hydrogen-bond acceptors (Lipinski definition) is 2. The fourth-order valence-corrected chi connectivity index (χ4v) is 0.533. The third-order valence-electron chi connectivity index (χ3n) is 1.23. The summed E-state index contributed by atoms with van der Waals surface area (Å²) in [5, 5.41) is 0. The van der Waals surface area contributed by atoms with Crippen LogP contribution in [0, 0.1) is 0 Å². The maximum atomic E-state index is 10.8. The molecule has 1 unspecified atom stereocenters. The van der Waals surface area contributed by atoms with Gasteiger partial charge in [0.05, 0.1) is 6.10 Å². The van der Waals surface area contributed by atoms with Gasteiger partial charge in [-0.15, -0.1) is 0 Å². The Kier molecular flexibility index (Phi) is 4.03. The molecule has 0 radical (unpaired) electrons. The monoisotopic (exact) mass is 158 g/mol. The zero-order valence-electron chi connectivity index (χ0n) is 6.81. The lowest BCUT2D eigenvalue weighted by Crippen LogP contribution is -2.14. The lowest BCUT2D eigenvalue weighted by atomic mass is 10.3. The topological polar surface area (TPSA) is 26.3 Å². The summed E-state index contributed by atoms with van der Waals surface area (Å²) < 4.78 is 4.96. The largest absolute Gasteiger partial charge is 0.460 e. The van der Waals surface area contributed by atoms with Crippen molar-refractivity contribution in [2.24, 2.45) is 0 Å². The summed E-state index contributed by atoms with van der Waals surface area (Å²) in [5.41, 5.74) is 0.474. The van der Waals surface area contributed by atoms with E-state index in [2.05, 4.69) is 6.58 Å². The van der Waals surface area contributed by atoms with Crippen molar-refractivity contribution in [1.82, 2.24) is 0 Å². The number of hydrogen-bond donors (Lipinski definition) is 0. The minimum Gasteiger partial charge on any atom is -0.460 e. The van der Waals surface area contributed by atoms with E-state index in [1.807, 2.05) is 6.92 Å². The molecule has 58 valence electrons. The maximum absolute atomic E-state index is 10.8. The van der Waals surface area contributed by atoms with Gasteiger partial charge in [0.25, 0.3) is 0 Å². The molecule has 0 rings (SSSR count). The molecule has 0 amide bonds. The number of carbonyl (C=O) groups excluding carboxylic acids is 1. The van der Waals surface area contributed by atoms with Gasteiger partial charge in [-0.25, -0.2) is 4.79 Å². The van der Waals surface area contributed by atoms with Crippen LogP contribution in [0.15, 0.2) is 12.2 Å². The third-order valence-corrected chi connectivity index (χ3v) is 2.38. The fourth-order valence-electron chi connectivity index (χ4n) is 0.367. The standard InChI is InChI=1S/C7H14O2Si/c1-5(2)7(8)9-6(3)4-10/h6H,1,4H2,2-3,10H3. The minimum absolute atomic E-state index is 0.0656. The predicted octanol–water partition coefficient (Wildman–Crippen LogP) is 0.278. The Balaban J connectivity index is 3.68. The molecule has 0 aliphatic carbocycles. The van der Waals surface area contributed by atoms with E-state index in [0.29, 0.717) is 5.57 Å². The van der Waals surface area contributed by atoms with Gasteiger partial charge in [-0.3, -0.25) is 0 Å². The Hall–Kier alpha value is -0.573. The van der Waals surface area contributed by atoms with Crippen LogP contribution in [0.3, 0.4) is 0 Å². The van der Waals surface area contributed by atoms with Crippen molar-refractivity contribution in [2.45, 2.75) is 26.0 Å². The number of esters is 1. The van der Waals surface area contributed by atoms with Crippen molar-refractivity contribution in [3.05, 3.63) is 12.2 Å². The van der Waals surface area contributed by atoms with Gasteiger partial charge >= 0.3 is 5.97 Å². The highest BCUT2D eigenvalue weighted by Crippen LogP contribution is 1.99. The van der Waals surface area contributed by atoms with Crippen molar-refractivity contribution in [3.63, 3.8) is 0 Å². The predicted molar refractivity (Wildman–Crippen MR) is 45.1 cm³/mol. The van der Waals surface area contributed by atoms with Crippen LogP contribution < -0.4 is 0 Å². The summed E-state index contributed by atoms with van der Waals surface area (Å²) >= 11 is 0. The zero-order chi connectivity index (χ0) is 8.15. The van der Waals surface area contributed by atoms with Crippen LogP contribution in [0.1, 0.15) is 13.8 Å². The van der Waals surface area contributed by atoms with E-state index < -0.39 is 0 Å². The lowest BCUT2D eigenvalue weighted by molar-refractivity contribution is -0.142. The van der Waals surface area contributed by atoms with Gasteiger partial charge in [0.2, 0.25) is 0 Å². The molecular weight excluding hydrogens is 144 g/mol. The molecule has 0 saturated carbocycles. The van der Waals surface area contributed by atoms with Crippen LogP contribution in [-0.2, 0) is 9.53 Å². The normalized spacial score (nSPS) is 12.6. The molecule has 0 aliphatic heterocycles. The highest BCUT2D eigenvalue weighted by molar-refractivity contribution is 6.09. The van der Waals surface area contributed by atoms with Crippen molar-refractivity contribution in [3.8, 4) is 0 Å². The second kappa shape index (κ2) is 4.28. The summed E-state index contributed by atoms with van der Waals surface area (Å²) in [6.07, 6.45) is 0.0656. The van der Waals surface area contributed by atoms with Gasteiger partial charge in [-0.1, -0.05) is 6.58 Å². The molecule has 0 aliphatic rings. The lowest BCUT2D eigenvalue weighted by Gasteiger charge is -2.09. The van der Waals surface area contributed by atoms with Crippen LogP contribution in [0.4, 0.5) is 0 Å². The zero-order valence-corrected chi connectivity index (χ0v) is 8.81. The van der Waals surface area contributed by atoms with Gasteiger partial charge < -0.3 is 4.74 Å². The van der Waals surface area contributed by atoms with E-state index in [1.54, 1.807) is 6.92 Å². The summed E-state index contributed by atoms with van der Waals surface area (Å²) in [7, 11) is 1.07. The van der Waals surface area contributed by atoms with E-state index in [9.17, 15) is 4.79 Å². The Labute approximate surface area is 64.7 Å². The Morgan fingerprint density at radius 1 is 1.80 bits per heavy atom. The molecule has 0 saturated heterocycles. The first-order chi connectivity index (χ1) is 4.57. The number of ether oxygens (including phenoxy) is 1. The van der Waals surface area contributed by atoms with Crippen molar-refractivity contribution < 1.29 is 9.53 Å². The average molecular weight is 158 g/mol. The Morgan fingerprint density at radius 2 is 2.30 bits per heavy atom. The fraction of sp³-hybridized carbons (Fsp3) is 0.571. The number of carbonyl (C=O) groups is 1.